The lowest BCUT2D eigenvalue weighted by Crippen LogP contribution is -2.25. The average Bonchev–Trinajstić information content (AvgIpc) is 3.28. The zero-order valence-electron chi connectivity index (χ0n) is 17.2. The van der Waals surface area contributed by atoms with Crippen LogP contribution >= 0.6 is 0 Å². The van der Waals surface area contributed by atoms with Gasteiger partial charge in [0.1, 0.15) is 0 Å². The number of ketones is 1. The zero-order chi connectivity index (χ0) is 21.3. The monoisotopic (exact) mass is 405 g/mol. The fourth-order valence-electron chi connectivity index (χ4n) is 3.82. The first kappa shape index (κ1) is 19.8. The van der Waals surface area contributed by atoms with Crippen LogP contribution in [0.5, 0.6) is 11.5 Å². The highest BCUT2D eigenvalue weighted by molar-refractivity contribution is 5.96. The van der Waals surface area contributed by atoms with Gasteiger partial charge in [-0.25, -0.2) is 4.79 Å². The first-order chi connectivity index (χ1) is 14.4. The molecule has 30 heavy (non-hydrogen) atoms. The normalized spacial score (nSPS) is 17.4. The average molecular weight is 405 g/mol. The minimum atomic E-state index is -0.582. The number of hydrogen-bond acceptors (Lipinski definition) is 6. The molecule has 0 aromatic heterocycles. The van der Waals surface area contributed by atoms with Gasteiger partial charge in [0.15, 0.2) is 23.9 Å². The Bertz CT molecular complexity index is 1070. The maximum atomic E-state index is 12.5. The van der Waals surface area contributed by atoms with Gasteiger partial charge < -0.3 is 19.1 Å². The van der Waals surface area contributed by atoms with E-state index in [1.807, 2.05) is 36.2 Å². The molecule has 0 spiro atoms. The van der Waals surface area contributed by atoms with Gasteiger partial charge in [0.25, 0.3) is 0 Å². The third-order valence-electron chi connectivity index (χ3n) is 5.40. The van der Waals surface area contributed by atoms with Gasteiger partial charge in [-0.1, -0.05) is 38.1 Å². The van der Waals surface area contributed by atoms with Crippen LogP contribution in [0.15, 0.2) is 60.3 Å². The molecule has 0 N–H and O–H groups in total. The van der Waals surface area contributed by atoms with E-state index in [1.54, 1.807) is 24.3 Å². The Hall–Kier alpha value is -3.54. The SMILES string of the molecule is CN1/C(=C/C(=O)COC(=O)/C=C/c2ccc3c(c2)OCO3)C(C)(C)c2ccccc21. The van der Waals surface area contributed by atoms with Crippen molar-refractivity contribution in [1.82, 2.24) is 0 Å². The van der Waals surface area contributed by atoms with Crippen molar-refractivity contribution >= 4 is 23.5 Å². The van der Waals surface area contributed by atoms with Gasteiger partial charge in [-0.2, -0.15) is 0 Å². The summed E-state index contributed by atoms with van der Waals surface area (Å²) in [5.74, 6) is 0.469. The van der Waals surface area contributed by atoms with Crippen LogP contribution in [0.3, 0.4) is 0 Å². The van der Waals surface area contributed by atoms with E-state index in [2.05, 4.69) is 19.9 Å². The fourth-order valence-corrected chi connectivity index (χ4v) is 3.82. The summed E-state index contributed by atoms with van der Waals surface area (Å²) < 4.78 is 15.7. The summed E-state index contributed by atoms with van der Waals surface area (Å²) >= 11 is 0. The Morgan fingerprint density at radius 2 is 1.90 bits per heavy atom. The molecule has 2 aliphatic heterocycles. The van der Waals surface area contributed by atoms with E-state index in [0.717, 1.165) is 22.5 Å². The number of rotatable bonds is 5. The third-order valence-corrected chi connectivity index (χ3v) is 5.40. The molecular weight excluding hydrogens is 382 g/mol. The number of hydrogen-bond donors (Lipinski definition) is 0. The zero-order valence-corrected chi connectivity index (χ0v) is 17.2. The van der Waals surface area contributed by atoms with Crippen molar-refractivity contribution in [3.63, 3.8) is 0 Å². The van der Waals surface area contributed by atoms with E-state index < -0.39 is 5.97 Å². The number of esters is 1. The Morgan fingerprint density at radius 3 is 2.70 bits per heavy atom. The quantitative estimate of drug-likeness (QED) is 0.556. The number of allylic oxidation sites excluding steroid dienone is 1. The minimum absolute atomic E-state index is 0.194. The van der Waals surface area contributed by atoms with Gasteiger partial charge >= 0.3 is 5.97 Å². The molecule has 0 fully saturated rings. The number of para-hydroxylation sites is 1. The van der Waals surface area contributed by atoms with Crippen LogP contribution in [-0.2, 0) is 19.7 Å². The van der Waals surface area contributed by atoms with Gasteiger partial charge in [-0.15, -0.1) is 0 Å². The van der Waals surface area contributed by atoms with Crippen LogP contribution in [0.4, 0.5) is 5.69 Å². The lowest BCUT2D eigenvalue weighted by molar-refractivity contribution is -0.141. The summed E-state index contributed by atoms with van der Waals surface area (Å²) in [6.07, 6.45) is 4.46. The molecule has 154 valence electrons. The van der Waals surface area contributed by atoms with Crippen LogP contribution in [0.2, 0.25) is 0 Å². The fraction of sp³-hybridized carbons (Fsp3) is 0.250. The molecule has 6 nitrogen and oxygen atoms in total. The van der Waals surface area contributed by atoms with Gasteiger partial charge in [-0.3, -0.25) is 4.79 Å². The molecule has 2 aliphatic rings. The maximum absolute atomic E-state index is 12.5. The molecule has 0 amide bonds. The standard InChI is InChI=1S/C24H23NO5/c1-24(2)18-6-4-5-7-19(18)25(3)22(24)13-17(26)14-28-23(27)11-9-16-8-10-20-21(12-16)30-15-29-20/h4-13H,14-15H2,1-3H3/b11-9+,22-13+. The van der Waals surface area contributed by atoms with E-state index in [4.69, 9.17) is 14.2 Å². The molecule has 2 heterocycles. The number of carbonyl (C=O) groups is 2. The van der Waals surface area contributed by atoms with E-state index in [1.165, 1.54) is 6.08 Å². The predicted octanol–water partition coefficient (Wildman–Crippen LogP) is 3.85. The largest absolute Gasteiger partial charge is 0.454 e. The molecular formula is C24H23NO5. The predicted molar refractivity (Wildman–Crippen MR) is 114 cm³/mol. The van der Waals surface area contributed by atoms with Gasteiger partial charge in [-0.05, 0) is 35.4 Å². The second kappa shape index (κ2) is 7.71. The van der Waals surface area contributed by atoms with Crippen molar-refractivity contribution in [2.45, 2.75) is 19.3 Å². The molecule has 0 aliphatic carbocycles. The van der Waals surface area contributed by atoms with Gasteiger partial charge in [0.2, 0.25) is 6.79 Å². The van der Waals surface area contributed by atoms with E-state index in [0.29, 0.717) is 11.5 Å². The molecule has 6 heteroatoms. The summed E-state index contributed by atoms with van der Waals surface area (Å²) in [5.41, 5.74) is 3.59. The first-order valence-corrected chi connectivity index (χ1v) is 9.69. The first-order valence-electron chi connectivity index (χ1n) is 9.69. The van der Waals surface area contributed by atoms with Crippen LogP contribution in [-0.4, -0.2) is 32.2 Å². The minimum Gasteiger partial charge on any atom is -0.454 e. The summed E-state index contributed by atoms with van der Waals surface area (Å²) in [5, 5.41) is 0. The smallest absolute Gasteiger partial charge is 0.331 e. The maximum Gasteiger partial charge on any atom is 0.331 e. The van der Waals surface area contributed by atoms with E-state index in [-0.39, 0.29) is 24.6 Å². The number of benzene rings is 2. The Kier molecular flexibility index (Phi) is 5.08. The highest BCUT2D eigenvalue weighted by atomic mass is 16.7. The lowest BCUT2D eigenvalue weighted by atomic mass is 9.83. The van der Waals surface area contributed by atoms with Crippen molar-refractivity contribution in [1.29, 1.82) is 0 Å². The van der Waals surface area contributed by atoms with Crippen molar-refractivity contribution in [3.8, 4) is 11.5 Å². The van der Waals surface area contributed by atoms with Gasteiger partial charge in [0, 0.05) is 36.0 Å². The van der Waals surface area contributed by atoms with Crippen LogP contribution in [0.1, 0.15) is 25.0 Å². The van der Waals surface area contributed by atoms with Crippen molar-refractivity contribution < 1.29 is 23.8 Å². The topological polar surface area (TPSA) is 65.1 Å². The number of carbonyl (C=O) groups excluding carboxylic acids is 2. The van der Waals surface area contributed by atoms with Gasteiger partial charge in [0.05, 0.1) is 0 Å². The molecule has 0 saturated carbocycles. The highest BCUT2D eigenvalue weighted by Crippen LogP contribution is 2.46. The highest BCUT2D eigenvalue weighted by Gasteiger charge is 2.38. The Morgan fingerprint density at radius 1 is 1.13 bits per heavy atom. The number of nitrogens with zero attached hydrogens (tertiary/aromatic N) is 1. The summed E-state index contributed by atoms with van der Waals surface area (Å²) in [6, 6.07) is 13.4. The van der Waals surface area contributed by atoms with Crippen molar-refractivity contribution in [3.05, 3.63) is 71.4 Å². The van der Waals surface area contributed by atoms with Crippen LogP contribution in [0, 0.1) is 0 Å². The van der Waals surface area contributed by atoms with Crippen molar-refractivity contribution in [2.75, 3.05) is 25.3 Å². The van der Waals surface area contributed by atoms with Crippen molar-refractivity contribution in [2.24, 2.45) is 0 Å². The molecule has 0 atom stereocenters. The molecule has 0 bridgehead atoms. The molecule has 0 unspecified atom stereocenters. The van der Waals surface area contributed by atoms with Crippen LogP contribution < -0.4 is 14.4 Å². The molecule has 0 saturated heterocycles. The molecule has 0 radical (unpaired) electrons. The number of likely N-dealkylation sites (N-methyl/N-ethyl adjacent to an activating group) is 1. The second-order valence-corrected chi connectivity index (χ2v) is 7.75. The number of ether oxygens (including phenoxy) is 3. The number of fused-ring (bicyclic) bond motifs is 2. The van der Waals surface area contributed by atoms with E-state index in [9.17, 15) is 9.59 Å². The number of anilines is 1. The Balaban J connectivity index is 1.37. The van der Waals surface area contributed by atoms with Crippen LogP contribution in [0.25, 0.3) is 6.08 Å². The molecule has 2 aromatic rings. The summed E-state index contributed by atoms with van der Waals surface area (Å²) in [6.45, 7) is 4.04. The molecule has 2 aromatic carbocycles. The lowest BCUT2D eigenvalue weighted by Gasteiger charge is -2.23. The summed E-state index contributed by atoms with van der Waals surface area (Å²) in [7, 11) is 1.94. The molecule has 4 rings (SSSR count). The second-order valence-electron chi connectivity index (χ2n) is 7.75. The Labute approximate surface area is 175 Å². The van der Waals surface area contributed by atoms with E-state index >= 15 is 0 Å². The third kappa shape index (κ3) is 3.68. The summed E-state index contributed by atoms with van der Waals surface area (Å²) in [4.78, 5) is 26.5.